The Balaban J connectivity index is 0.00000154. The highest BCUT2D eigenvalue weighted by atomic mass is 16.1. The molecule has 0 fully saturated rings. The topological polar surface area (TPSA) is 17.1 Å². The molecule has 0 unspecified atom stereocenters. The van der Waals surface area contributed by atoms with Gasteiger partial charge in [0.05, 0.1) is 5.41 Å². The zero-order valence-corrected chi connectivity index (χ0v) is 14.0. The van der Waals surface area contributed by atoms with E-state index < -0.39 is 5.41 Å². The van der Waals surface area contributed by atoms with Gasteiger partial charge in [0.25, 0.3) is 0 Å². The molecule has 0 aromatic carbocycles. The van der Waals surface area contributed by atoms with E-state index in [1.54, 1.807) is 0 Å². The number of carbonyl (C=O) groups is 1. The lowest BCUT2D eigenvalue weighted by atomic mass is 9.59. The third-order valence-corrected chi connectivity index (χ3v) is 3.97. The summed E-state index contributed by atoms with van der Waals surface area (Å²) in [6, 6.07) is 0. The first kappa shape index (κ1) is 17.9. The van der Waals surface area contributed by atoms with Gasteiger partial charge in [0.2, 0.25) is 0 Å². The normalized spacial score (nSPS) is 24.1. The van der Waals surface area contributed by atoms with Crippen LogP contribution in [-0.2, 0) is 4.79 Å². The van der Waals surface area contributed by atoms with Crippen LogP contribution < -0.4 is 0 Å². The Kier molecular flexibility index (Phi) is 5.16. The van der Waals surface area contributed by atoms with Gasteiger partial charge in [-0.2, -0.15) is 0 Å². The molecule has 0 spiro atoms. The van der Waals surface area contributed by atoms with E-state index in [4.69, 9.17) is 0 Å². The second-order valence-electron chi connectivity index (χ2n) is 7.48. The smallest absolute Gasteiger partial charge is 0.169 e. The van der Waals surface area contributed by atoms with Gasteiger partial charge in [-0.05, 0) is 24.7 Å². The fraction of sp³-hybridized carbons (Fsp3) is 0.611. The quantitative estimate of drug-likeness (QED) is 0.538. The summed E-state index contributed by atoms with van der Waals surface area (Å²) < 4.78 is 0. The molecule has 0 bridgehead atoms. The third-order valence-electron chi connectivity index (χ3n) is 3.97. The van der Waals surface area contributed by atoms with Crippen molar-refractivity contribution in [2.75, 3.05) is 0 Å². The lowest BCUT2D eigenvalue weighted by Gasteiger charge is -2.43. The average Bonchev–Trinajstić information content (AvgIpc) is 2.23. The summed E-state index contributed by atoms with van der Waals surface area (Å²) in [4.78, 5) is 12.8. The van der Waals surface area contributed by atoms with E-state index >= 15 is 0 Å². The first-order chi connectivity index (χ1) is 8.39. The number of Topliss-reactive ketones (excluding diaryl/α,β-unsaturated/α-hetero) is 1. The Morgan fingerprint density at radius 1 is 1.05 bits per heavy atom. The van der Waals surface area contributed by atoms with Crippen LogP contribution in [0.5, 0.6) is 0 Å². The predicted molar refractivity (Wildman–Crippen MR) is 85.1 cm³/mol. The van der Waals surface area contributed by atoms with Gasteiger partial charge in [-0.1, -0.05) is 59.3 Å². The molecule has 0 N–H and O–H groups in total. The van der Waals surface area contributed by atoms with Crippen LogP contribution in [0.2, 0.25) is 0 Å². The highest BCUT2D eigenvalue weighted by Gasteiger charge is 2.46. The van der Waals surface area contributed by atoms with Gasteiger partial charge < -0.3 is 0 Å². The Labute approximate surface area is 119 Å². The molecule has 0 saturated carbocycles. The lowest BCUT2D eigenvalue weighted by Crippen LogP contribution is -2.43. The summed E-state index contributed by atoms with van der Waals surface area (Å²) in [5.41, 5.74) is 1.62. The molecule has 1 heteroatoms. The van der Waals surface area contributed by atoms with Crippen LogP contribution in [0.25, 0.3) is 0 Å². The maximum Gasteiger partial charge on any atom is 0.169 e. The van der Waals surface area contributed by atoms with Gasteiger partial charge in [-0.15, -0.1) is 13.2 Å². The van der Waals surface area contributed by atoms with Gasteiger partial charge in [0.15, 0.2) is 5.78 Å². The van der Waals surface area contributed by atoms with Gasteiger partial charge in [0, 0.05) is 5.57 Å². The Morgan fingerprint density at radius 2 is 1.47 bits per heavy atom. The fourth-order valence-corrected chi connectivity index (χ4v) is 2.25. The molecule has 1 atom stereocenters. The fourth-order valence-electron chi connectivity index (χ4n) is 2.25. The monoisotopic (exact) mass is 262 g/mol. The van der Waals surface area contributed by atoms with Crippen molar-refractivity contribution in [2.45, 2.75) is 55.4 Å². The molecule has 0 aromatic heterocycles. The number of carbonyl (C=O) groups excluding carboxylic acids is 1. The Hall–Kier alpha value is -1.11. The van der Waals surface area contributed by atoms with Crippen molar-refractivity contribution in [3.63, 3.8) is 0 Å². The van der Waals surface area contributed by atoms with Crippen LogP contribution in [0.15, 0.2) is 36.5 Å². The number of rotatable bonds is 0. The van der Waals surface area contributed by atoms with Crippen LogP contribution >= 0.6 is 0 Å². The third kappa shape index (κ3) is 3.46. The summed E-state index contributed by atoms with van der Waals surface area (Å²) >= 11 is 0. The summed E-state index contributed by atoms with van der Waals surface area (Å²) in [6.45, 7) is 22.9. The molecule has 0 aliphatic heterocycles. The van der Waals surface area contributed by atoms with E-state index in [9.17, 15) is 4.79 Å². The van der Waals surface area contributed by atoms with E-state index in [1.165, 1.54) is 5.57 Å². The van der Waals surface area contributed by atoms with Gasteiger partial charge in [-0.25, -0.2) is 0 Å². The zero-order chi connectivity index (χ0) is 15.6. The van der Waals surface area contributed by atoms with Crippen LogP contribution in [0.4, 0.5) is 0 Å². The largest absolute Gasteiger partial charge is 0.294 e. The molecule has 1 aliphatic rings. The summed E-state index contributed by atoms with van der Waals surface area (Å²) in [7, 11) is 0. The summed E-state index contributed by atoms with van der Waals surface area (Å²) in [6.07, 6.45) is 4.18. The van der Waals surface area contributed by atoms with Crippen LogP contribution in [0.1, 0.15) is 55.4 Å². The van der Waals surface area contributed by atoms with Crippen molar-refractivity contribution in [2.24, 2.45) is 16.2 Å². The van der Waals surface area contributed by atoms with Crippen LogP contribution in [0, 0.1) is 16.2 Å². The molecular formula is C18H30O. The highest BCUT2D eigenvalue weighted by molar-refractivity contribution is 6.04. The van der Waals surface area contributed by atoms with Gasteiger partial charge in [0.1, 0.15) is 0 Å². The van der Waals surface area contributed by atoms with Crippen molar-refractivity contribution in [1.82, 2.24) is 0 Å². The number of hydrogen-bond acceptors (Lipinski definition) is 1. The standard InChI is InChI=1S/C16H26O.C2H4/c1-11-9-12(14(2,3)4)13(17)16(8,10-11)15(5,6)7;1-2/h9-10H,1-8H3;1-2H2/t16-;/m1./s1. The second kappa shape index (κ2) is 5.48. The average molecular weight is 262 g/mol. The summed E-state index contributed by atoms with van der Waals surface area (Å²) in [5.74, 6) is 0.281. The minimum absolute atomic E-state index is 0.0594. The van der Waals surface area contributed by atoms with Crippen molar-refractivity contribution >= 4 is 5.78 Å². The van der Waals surface area contributed by atoms with Crippen molar-refractivity contribution in [3.8, 4) is 0 Å². The van der Waals surface area contributed by atoms with E-state index in [-0.39, 0.29) is 16.6 Å². The second-order valence-corrected chi connectivity index (χ2v) is 7.48. The van der Waals surface area contributed by atoms with E-state index in [1.807, 2.05) is 0 Å². The lowest BCUT2D eigenvalue weighted by molar-refractivity contribution is -0.127. The maximum atomic E-state index is 12.8. The minimum Gasteiger partial charge on any atom is -0.294 e. The zero-order valence-electron chi connectivity index (χ0n) is 14.0. The van der Waals surface area contributed by atoms with Crippen molar-refractivity contribution < 1.29 is 4.79 Å². The minimum atomic E-state index is -0.394. The SMILES string of the molecule is C=C.CC1=C[C@@](C)(C(C)(C)C)C(=O)C(C(C)(C)C)=C1. The van der Waals surface area contributed by atoms with E-state index in [0.29, 0.717) is 0 Å². The first-order valence-corrected chi connectivity index (χ1v) is 6.86. The van der Waals surface area contributed by atoms with Crippen molar-refractivity contribution in [1.29, 1.82) is 0 Å². The first-order valence-electron chi connectivity index (χ1n) is 6.86. The van der Waals surface area contributed by atoms with E-state index in [2.05, 4.69) is 80.7 Å². The molecular weight excluding hydrogens is 232 g/mol. The molecule has 0 amide bonds. The number of hydrogen-bond donors (Lipinski definition) is 0. The molecule has 19 heavy (non-hydrogen) atoms. The molecule has 1 nitrogen and oxygen atoms in total. The van der Waals surface area contributed by atoms with Gasteiger partial charge in [-0.3, -0.25) is 4.79 Å². The highest BCUT2D eigenvalue weighted by Crippen LogP contribution is 2.48. The maximum absolute atomic E-state index is 12.8. The molecule has 0 saturated heterocycles. The van der Waals surface area contributed by atoms with Crippen LogP contribution in [-0.4, -0.2) is 5.78 Å². The molecule has 108 valence electrons. The number of allylic oxidation sites excluding steroid dienone is 4. The van der Waals surface area contributed by atoms with Crippen molar-refractivity contribution in [3.05, 3.63) is 36.5 Å². The van der Waals surface area contributed by atoms with Gasteiger partial charge >= 0.3 is 0 Å². The summed E-state index contributed by atoms with van der Waals surface area (Å²) in [5, 5.41) is 0. The number of ketones is 1. The Bertz CT molecular complexity index is 410. The Morgan fingerprint density at radius 3 is 1.79 bits per heavy atom. The molecule has 0 heterocycles. The molecule has 1 aliphatic carbocycles. The van der Waals surface area contributed by atoms with Crippen LogP contribution in [0.3, 0.4) is 0 Å². The molecule has 0 aromatic rings. The predicted octanol–water partition coefficient (Wildman–Crippen LogP) is 5.34. The van der Waals surface area contributed by atoms with E-state index in [0.717, 1.165) is 5.57 Å². The molecule has 0 radical (unpaired) electrons. The molecule has 1 rings (SSSR count).